The van der Waals surface area contributed by atoms with Crippen LogP contribution in [0.4, 0.5) is 11.4 Å². The van der Waals surface area contributed by atoms with Crippen LogP contribution < -0.4 is 10.6 Å². The van der Waals surface area contributed by atoms with E-state index in [0.717, 1.165) is 49.6 Å². The molecule has 4 rings (SSSR count). The average molecular weight is 421 g/mol. The number of piperazine rings is 1. The molecule has 0 saturated carbocycles. The number of anilines is 2. The van der Waals surface area contributed by atoms with E-state index in [2.05, 4.69) is 38.1 Å². The van der Waals surface area contributed by atoms with Gasteiger partial charge in [0.15, 0.2) is 0 Å². The number of nitrogens with zero attached hydrogens (tertiary/aromatic N) is 4. The van der Waals surface area contributed by atoms with Gasteiger partial charge in [0.05, 0.1) is 24.1 Å². The Morgan fingerprint density at radius 2 is 1.61 bits per heavy atom. The molecule has 162 valence electrons. The van der Waals surface area contributed by atoms with Crippen LogP contribution in [-0.4, -0.2) is 63.9 Å². The molecule has 3 aromatic rings. The van der Waals surface area contributed by atoms with Crippen molar-refractivity contribution in [3.8, 4) is 0 Å². The van der Waals surface area contributed by atoms with Gasteiger partial charge in [0, 0.05) is 51.5 Å². The summed E-state index contributed by atoms with van der Waals surface area (Å²) in [7, 11) is 2.06. The number of hydrogen-bond acceptors (Lipinski definition) is 5. The van der Waals surface area contributed by atoms with Crippen molar-refractivity contribution in [1.82, 2.24) is 19.4 Å². The molecule has 1 aliphatic rings. The molecule has 0 atom stereocenters. The van der Waals surface area contributed by atoms with Crippen molar-refractivity contribution in [2.24, 2.45) is 7.05 Å². The van der Waals surface area contributed by atoms with Crippen molar-refractivity contribution >= 4 is 34.2 Å². The number of benzene rings is 2. The second kappa shape index (κ2) is 9.28. The molecular formula is C23H28N6O2. The van der Waals surface area contributed by atoms with Gasteiger partial charge in [-0.05, 0) is 30.3 Å². The molecule has 8 heteroatoms. The first-order valence-electron chi connectivity index (χ1n) is 10.5. The predicted octanol–water partition coefficient (Wildman–Crippen LogP) is 2.29. The van der Waals surface area contributed by atoms with Gasteiger partial charge >= 0.3 is 0 Å². The third-order valence-electron chi connectivity index (χ3n) is 5.54. The van der Waals surface area contributed by atoms with Gasteiger partial charge in [-0.1, -0.05) is 18.2 Å². The van der Waals surface area contributed by atoms with Crippen molar-refractivity contribution in [3.63, 3.8) is 0 Å². The normalized spacial score (nSPS) is 15.2. The maximum Gasteiger partial charge on any atom is 0.238 e. The van der Waals surface area contributed by atoms with Crippen molar-refractivity contribution in [2.45, 2.75) is 13.5 Å². The lowest BCUT2D eigenvalue weighted by atomic mass is 10.2. The van der Waals surface area contributed by atoms with Crippen LogP contribution >= 0.6 is 0 Å². The van der Waals surface area contributed by atoms with Gasteiger partial charge < -0.3 is 15.2 Å². The first-order valence-corrected chi connectivity index (χ1v) is 10.5. The van der Waals surface area contributed by atoms with E-state index in [1.807, 2.05) is 24.3 Å². The molecule has 0 spiro atoms. The zero-order valence-electron chi connectivity index (χ0n) is 18.0. The monoisotopic (exact) mass is 420 g/mol. The summed E-state index contributed by atoms with van der Waals surface area (Å²) >= 11 is 0. The molecule has 8 nitrogen and oxygen atoms in total. The highest BCUT2D eigenvalue weighted by atomic mass is 16.2. The number of nitrogens with one attached hydrogen (secondary N) is 2. The van der Waals surface area contributed by atoms with E-state index in [9.17, 15) is 9.59 Å². The third-order valence-corrected chi connectivity index (χ3v) is 5.54. The maximum absolute atomic E-state index is 12.5. The van der Waals surface area contributed by atoms with Crippen molar-refractivity contribution < 1.29 is 9.59 Å². The molecule has 0 bridgehead atoms. The summed E-state index contributed by atoms with van der Waals surface area (Å²) in [5.41, 5.74) is 3.52. The summed E-state index contributed by atoms with van der Waals surface area (Å²) in [6.07, 6.45) is 0. The Kier molecular flexibility index (Phi) is 6.29. The highest BCUT2D eigenvalue weighted by molar-refractivity contribution is 5.94. The van der Waals surface area contributed by atoms with Gasteiger partial charge in [-0.3, -0.25) is 19.4 Å². The predicted molar refractivity (Wildman–Crippen MR) is 122 cm³/mol. The molecule has 2 heterocycles. The SMILES string of the molecule is CC(=O)Nc1cccc(NC(=O)CN2CCN(Cc3nc4ccccc4n3C)CC2)c1. The quantitative estimate of drug-likeness (QED) is 0.639. The number of aromatic nitrogens is 2. The number of carbonyl (C=O) groups excluding carboxylic acids is 2. The van der Waals surface area contributed by atoms with Gasteiger partial charge in [0.25, 0.3) is 0 Å². The van der Waals surface area contributed by atoms with Crippen molar-refractivity contribution in [1.29, 1.82) is 0 Å². The molecule has 0 aliphatic carbocycles. The van der Waals surface area contributed by atoms with Crippen LogP contribution in [0.1, 0.15) is 12.7 Å². The average Bonchev–Trinajstić information content (AvgIpc) is 3.05. The van der Waals surface area contributed by atoms with Gasteiger partial charge in [-0.25, -0.2) is 4.98 Å². The Balaban J connectivity index is 1.26. The standard InChI is InChI=1S/C23H28N6O2/c1-17(30)24-18-6-5-7-19(14-18)25-23(31)16-29-12-10-28(11-13-29)15-22-26-20-8-3-4-9-21(20)27(22)2/h3-9,14H,10-13,15-16H2,1-2H3,(H,24,30)(H,25,31). The van der Waals surface area contributed by atoms with Crippen LogP contribution in [0.3, 0.4) is 0 Å². The number of aryl methyl sites for hydroxylation is 1. The number of imidazole rings is 1. The molecule has 31 heavy (non-hydrogen) atoms. The Morgan fingerprint density at radius 3 is 2.32 bits per heavy atom. The summed E-state index contributed by atoms with van der Waals surface area (Å²) in [6.45, 7) is 6.09. The molecule has 1 fully saturated rings. The van der Waals surface area contributed by atoms with Crippen LogP contribution in [0.2, 0.25) is 0 Å². The number of hydrogen-bond donors (Lipinski definition) is 2. The lowest BCUT2D eigenvalue weighted by Crippen LogP contribution is -2.48. The fraction of sp³-hybridized carbons (Fsp3) is 0.348. The zero-order valence-corrected chi connectivity index (χ0v) is 18.0. The minimum atomic E-state index is -0.139. The third kappa shape index (κ3) is 5.28. The molecule has 0 unspecified atom stereocenters. The van der Waals surface area contributed by atoms with E-state index < -0.39 is 0 Å². The molecule has 1 saturated heterocycles. The van der Waals surface area contributed by atoms with Crippen LogP contribution in [0.15, 0.2) is 48.5 Å². The molecule has 2 amide bonds. The first kappa shape index (κ1) is 21.0. The Hall–Kier alpha value is -3.23. The van der Waals surface area contributed by atoms with Gasteiger partial charge in [-0.2, -0.15) is 0 Å². The molecule has 1 aromatic heterocycles. The minimum absolute atomic E-state index is 0.0521. The summed E-state index contributed by atoms with van der Waals surface area (Å²) in [4.78, 5) is 33.0. The highest BCUT2D eigenvalue weighted by Crippen LogP contribution is 2.17. The first-order chi connectivity index (χ1) is 15.0. The van der Waals surface area contributed by atoms with Crippen molar-refractivity contribution in [2.75, 3.05) is 43.4 Å². The van der Waals surface area contributed by atoms with Crippen LogP contribution in [-0.2, 0) is 23.2 Å². The van der Waals surface area contributed by atoms with E-state index in [1.54, 1.807) is 18.2 Å². The smallest absolute Gasteiger partial charge is 0.238 e. The molecule has 2 aromatic carbocycles. The van der Waals surface area contributed by atoms with Crippen LogP contribution in [0.25, 0.3) is 11.0 Å². The molecule has 1 aliphatic heterocycles. The van der Waals surface area contributed by atoms with Gasteiger partial charge in [0.1, 0.15) is 5.82 Å². The topological polar surface area (TPSA) is 82.5 Å². The molecular weight excluding hydrogens is 392 g/mol. The van der Waals surface area contributed by atoms with E-state index >= 15 is 0 Å². The fourth-order valence-corrected chi connectivity index (χ4v) is 3.92. The number of amides is 2. The van der Waals surface area contributed by atoms with Crippen molar-refractivity contribution in [3.05, 3.63) is 54.4 Å². The number of para-hydroxylation sites is 2. The number of rotatable bonds is 6. The molecule has 2 N–H and O–H groups in total. The molecule has 0 radical (unpaired) electrons. The van der Waals surface area contributed by atoms with E-state index in [1.165, 1.54) is 6.92 Å². The fourth-order valence-electron chi connectivity index (χ4n) is 3.92. The summed E-state index contributed by atoms with van der Waals surface area (Å²) < 4.78 is 2.16. The van der Waals surface area contributed by atoms with Crippen LogP contribution in [0.5, 0.6) is 0 Å². The second-order valence-corrected chi connectivity index (χ2v) is 7.94. The Morgan fingerprint density at radius 1 is 0.935 bits per heavy atom. The lowest BCUT2D eigenvalue weighted by molar-refractivity contribution is -0.117. The minimum Gasteiger partial charge on any atom is -0.330 e. The lowest BCUT2D eigenvalue weighted by Gasteiger charge is -2.34. The number of carbonyl (C=O) groups is 2. The highest BCUT2D eigenvalue weighted by Gasteiger charge is 2.20. The summed E-state index contributed by atoms with van der Waals surface area (Å²) in [5.74, 6) is 0.871. The van der Waals surface area contributed by atoms with Gasteiger partial charge in [0.2, 0.25) is 11.8 Å². The summed E-state index contributed by atoms with van der Waals surface area (Å²) in [6, 6.07) is 15.4. The van der Waals surface area contributed by atoms with E-state index in [0.29, 0.717) is 17.9 Å². The second-order valence-electron chi connectivity index (χ2n) is 7.94. The largest absolute Gasteiger partial charge is 0.330 e. The zero-order chi connectivity index (χ0) is 21.8. The van der Waals surface area contributed by atoms with Gasteiger partial charge in [-0.15, -0.1) is 0 Å². The Labute approximate surface area is 181 Å². The van der Waals surface area contributed by atoms with E-state index in [4.69, 9.17) is 4.98 Å². The van der Waals surface area contributed by atoms with Crippen LogP contribution in [0, 0.1) is 0 Å². The number of fused-ring (bicyclic) bond motifs is 1. The Bertz CT molecular complexity index is 1080. The van der Waals surface area contributed by atoms with E-state index in [-0.39, 0.29) is 11.8 Å². The maximum atomic E-state index is 12.5. The summed E-state index contributed by atoms with van der Waals surface area (Å²) in [5, 5.41) is 5.64.